The number of aryl methyl sites for hydroxylation is 1. The number of sulfonamides is 1. The summed E-state index contributed by atoms with van der Waals surface area (Å²) < 4.78 is 38.3. The Bertz CT molecular complexity index is 879. The van der Waals surface area contributed by atoms with Gasteiger partial charge in [0.15, 0.2) is 0 Å². The molecule has 0 spiro atoms. The molecule has 2 aromatic carbocycles. The Morgan fingerprint density at radius 1 is 1.17 bits per heavy atom. The van der Waals surface area contributed by atoms with Gasteiger partial charge < -0.3 is 5.32 Å². The number of carbonyl (C=O) groups is 1. The number of hydrogen-bond donors (Lipinski definition) is 1. The molecule has 1 N–H and O–H groups in total. The molecule has 1 saturated heterocycles. The van der Waals surface area contributed by atoms with Crippen molar-refractivity contribution in [2.75, 3.05) is 21.9 Å². The lowest BCUT2D eigenvalue weighted by atomic mass is 10.1. The molecule has 0 atom stereocenters. The number of halogens is 1. The highest BCUT2D eigenvalue weighted by atomic mass is 32.2. The van der Waals surface area contributed by atoms with Crippen LogP contribution in [-0.2, 0) is 10.0 Å². The molecular weight excluding hydrogens is 331 g/mol. The minimum atomic E-state index is -3.23. The molecule has 1 aliphatic rings. The largest absolute Gasteiger partial charge is 0.322 e. The van der Waals surface area contributed by atoms with E-state index in [1.807, 2.05) is 0 Å². The molecule has 0 aliphatic carbocycles. The fourth-order valence-corrected chi connectivity index (χ4v) is 4.22. The summed E-state index contributed by atoms with van der Waals surface area (Å²) in [6.07, 6.45) is 0.616. The summed E-state index contributed by atoms with van der Waals surface area (Å²) in [5, 5.41) is 2.76. The molecule has 7 heteroatoms. The first-order chi connectivity index (χ1) is 11.4. The second kappa shape index (κ2) is 6.24. The van der Waals surface area contributed by atoms with Gasteiger partial charge in [-0.3, -0.25) is 9.10 Å². The zero-order valence-corrected chi connectivity index (χ0v) is 13.9. The lowest BCUT2D eigenvalue weighted by Gasteiger charge is -2.18. The van der Waals surface area contributed by atoms with E-state index in [0.717, 1.165) is 5.56 Å². The molecule has 126 valence electrons. The van der Waals surface area contributed by atoms with Crippen molar-refractivity contribution in [2.45, 2.75) is 13.3 Å². The summed E-state index contributed by atoms with van der Waals surface area (Å²) in [5.74, 6) is -0.590. The summed E-state index contributed by atoms with van der Waals surface area (Å²) in [6.45, 7) is 2.27. The van der Waals surface area contributed by atoms with Crippen LogP contribution in [0.2, 0.25) is 0 Å². The number of carbonyl (C=O) groups excluding carboxylic acids is 1. The van der Waals surface area contributed by atoms with E-state index in [2.05, 4.69) is 5.32 Å². The molecule has 0 aromatic heterocycles. The summed E-state index contributed by atoms with van der Waals surface area (Å²) in [4.78, 5) is 12.2. The zero-order valence-electron chi connectivity index (χ0n) is 13.1. The van der Waals surface area contributed by atoms with E-state index in [1.54, 1.807) is 25.1 Å². The van der Waals surface area contributed by atoms with Crippen LogP contribution >= 0.6 is 0 Å². The van der Waals surface area contributed by atoms with Gasteiger partial charge in [-0.25, -0.2) is 12.8 Å². The predicted octanol–water partition coefficient (Wildman–Crippen LogP) is 2.93. The van der Waals surface area contributed by atoms with Gasteiger partial charge in [-0.2, -0.15) is 0 Å². The molecular formula is C17H17FN2O3S. The van der Waals surface area contributed by atoms with Gasteiger partial charge in [-0.1, -0.05) is 0 Å². The van der Waals surface area contributed by atoms with Crippen molar-refractivity contribution < 1.29 is 17.6 Å². The maximum Gasteiger partial charge on any atom is 0.255 e. The van der Waals surface area contributed by atoms with Crippen molar-refractivity contribution in [3.05, 3.63) is 59.4 Å². The van der Waals surface area contributed by atoms with Crippen LogP contribution < -0.4 is 9.62 Å². The Morgan fingerprint density at radius 2 is 1.88 bits per heavy atom. The van der Waals surface area contributed by atoms with Gasteiger partial charge in [0.25, 0.3) is 5.91 Å². The van der Waals surface area contributed by atoms with Gasteiger partial charge in [0, 0.05) is 17.8 Å². The van der Waals surface area contributed by atoms with E-state index in [1.165, 1.54) is 28.6 Å². The number of rotatable bonds is 3. The lowest BCUT2D eigenvalue weighted by molar-refractivity contribution is 0.102. The van der Waals surface area contributed by atoms with Gasteiger partial charge in [0.05, 0.1) is 11.4 Å². The minimum Gasteiger partial charge on any atom is -0.322 e. The van der Waals surface area contributed by atoms with Crippen molar-refractivity contribution >= 4 is 27.3 Å². The quantitative estimate of drug-likeness (QED) is 0.927. The van der Waals surface area contributed by atoms with Crippen molar-refractivity contribution in [2.24, 2.45) is 0 Å². The monoisotopic (exact) mass is 348 g/mol. The molecule has 1 amide bonds. The normalized spacial score (nSPS) is 16.2. The first-order valence-electron chi connectivity index (χ1n) is 7.55. The van der Waals surface area contributed by atoms with E-state index < -0.39 is 15.8 Å². The SMILES string of the molecule is Cc1cc(N2CCCS2(=O)=O)ccc1NC(=O)c1ccc(F)cc1. The van der Waals surface area contributed by atoms with Crippen molar-refractivity contribution in [3.8, 4) is 0 Å². The smallest absolute Gasteiger partial charge is 0.255 e. The van der Waals surface area contributed by atoms with Gasteiger partial charge in [-0.15, -0.1) is 0 Å². The predicted molar refractivity (Wildman–Crippen MR) is 91.3 cm³/mol. The number of hydrogen-bond acceptors (Lipinski definition) is 3. The average Bonchev–Trinajstić information content (AvgIpc) is 2.89. The molecule has 1 aliphatic heterocycles. The number of nitrogens with zero attached hydrogens (tertiary/aromatic N) is 1. The van der Waals surface area contributed by atoms with E-state index >= 15 is 0 Å². The Balaban J connectivity index is 1.80. The van der Waals surface area contributed by atoms with Crippen molar-refractivity contribution in [1.29, 1.82) is 0 Å². The van der Waals surface area contributed by atoms with Crippen LogP contribution in [0, 0.1) is 12.7 Å². The highest BCUT2D eigenvalue weighted by Crippen LogP contribution is 2.28. The Hall–Kier alpha value is -2.41. The highest BCUT2D eigenvalue weighted by Gasteiger charge is 2.28. The van der Waals surface area contributed by atoms with Crippen LogP contribution in [0.3, 0.4) is 0 Å². The van der Waals surface area contributed by atoms with Crippen LogP contribution in [0.5, 0.6) is 0 Å². The number of anilines is 2. The van der Waals surface area contributed by atoms with Crippen LogP contribution in [0.15, 0.2) is 42.5 Å². The van der Waals surface area contributed by atoms with Gasteiger partial charge >= 0.3 is 0 Å². The average molecular weight is 348 g/mol. The number of nitrogens with one attached hydrogen (secondary N) is 1. The molecule has 24 heavy (non-hydrogen) atoms. The van der Waals surface area contributed by atoms with Gasteiger partial charge in [0.1, 0.15) is 5.82 Å². The third-order valence-corrected chi connectivity index (χ3v) is 5.82. The third-order valence-electron chi connectivity index (χ3n) is 3.95. The van der Waals surface area contributed by atoms with Crippen LogP contribution in [0.1, 0.15) is 22.3 Å². The van der Waals surface area contributed by atoms with Gasteiger partial charge in [-0.05, 0) is 61.4 Å². The number of benzene rings is 2. The summed E-state index contributed by atoms with van der Waals surface area (Å²) in [7, 11) is -3.23. The molecule has 0 saturated carbocycles. The summed E-state index contributed by atoms with van der Waals surface area (Å²) in [6, 6.07) is 10.4. The lowest BCUT2D eigenvalue weighted by Crippen LogP contribution is -2.25. The molecule has 1 fully saturated rings. The maximum atomic E-state index is 12.9. The highest BCUT2D eigenvalue weighted by molar-refractivity contribution is 7.93. The number of amides is 1. The maximum absolute atomic E-state index is 12.9. The molecule has 2 aromatic rings. The van der Waals surface area contributed by atoms with Crippen molar-refractivity contribution in [3.63, 3.8) is 0 Å². The van der Waals surface area contributed by atoms with Crippen LogP contribution in [-0.4, -0.2) is 26.6 Å². The first kappa shape index (κ1) is 16.4. The first-order valence-corrected chi connectivity index (χ1v) is 9.16. The summed E-state index contributed by atoms with van der Waals surface area (Å²) >= 11 is 0. The molecule has 3 rings (SSSR count). The van der Waals surface area contributed by atoms with Crippen LogP contribution in [0.25, 0.3) is 0 Å². The molecule has 1 heterocycles. The van der Waals surface area contributed by atoms with E-state index in [0.29, 0.717) is 29.9 Å². The molecule has 5 nitrogen and oxygen atoms in total. The Morgan fingerprint density at radius 3 is 2.46 bits per heavy atom. The second-order valence-corrected chi connectivity index (χ2v) is 7.71. The molecule has 0 unspecified atom stereocenters. The molecule has 0 bridgehead atoms. The standard InChI is InChI=1S/C17H17FN2O3S/c1-12-11-15(20-9-2-10-24(20,22)23)7-8-16(12)19-17(21)13-3-5-14(18)6-4-13/h3-8,11H,2,9-10H2,1H3,(H,19,21). The van der Waals surface area contributed by atoms with Crippen molar-refractivity contribution in [1.82, 2.24) is 0 Å². The van der Waals surface area contributed by atoms with Crippen LogP contribution in [0.4, 0.5) is 15.8 Å². The zero-order chi connectivity index (χ0) is 17.3. The summed E-state index contributed by atoms with van der Waals surface area (Å²) in [5.41, 5.74) is 2.29. The Kier molecular flexibility index (Phi) is 4.28. The molecule has 0 radical (unpaired) electrons. The fraction of sp³-hybridized carbons (Fsp3) is 0.235. The fourth-order valence-electron chi connectivity index (χ4n) is 2.67. The van der Waals surface area contributed by atoms with E-state index in [4.69, 9.17) is 0 Å². The second-order valence-electron chi connectivity index (χ2n) is 5.70. The topological polar surface area (TPSA) is 66.5 Å². The minimum absolute atomic E-state index is 0.162. The third kappa shape index (κ3) is 3.26. The van der Waals surface area contributed by atoms with E-state index in [-0.39, 0.29) is 11.7 Å². The Labute approximate surface area is 140 Å². The van der Waals surface area contributed by atoms with E-state index in [9.17, 15) is 17.6 Å². The van der Waals surface area contributed by atoms with Gasteiger partial charge in [0.2, 0.25) is 10.0 Å².